The van der Waals surface area contributed by atoms with Crippen molar-refractivity contribution in [2.24, 2.45) is 4.99 Å². The van der Waals surface area contributed by atoms with Crippen molar-refractivity contribution in [2.75, 3.05) is 13.7 Å². The summed E-state index contributed by atoms with van der Waals surface area (Å²) in [4.78, 5) is 31.3. The fourth-order valence-corrected chi connectivity index (χ4v) is 4.74. The first kappa shape index (κ1) is 21.6. The van der Waals surface area contributed by atoms with Gasteiger partial charge in [-0.2, -0.15) is 0 Å². The van der Waals surface area contributed by atoms with Gasteiger partial charge in [0.25, 0.3) is 5.56 Å². The number of esters is 1. The average molecular weight is 451 g/mol. The normalized spacial score (nSPS) is 15.8. The molecule has 0 amide bonds. The third-order valence-corrected chi connectivity index (χ3v) is 6.15. The van der Waals surface area contributed by atoms with E-state index in [1.807, 2.05) is 30.3 Å². The fourth-order valence-electron chi connectivity index (χ4n) is 3.70. The molecule has 1 aliphatic heterocycles. The van der Waals surface area contributed by atoms with E-state index in [1.165, 1.54) is 23.0 Å². The molecule has 7 nitrogen and oxygen atoms in total. The number of methoxy groups -OCH3 is 1. The number of nitrogens with zero attached hydrogens (tertiary/aromatic N) is 2. The summed E-state index contributed by atoms with van der Waals surface area (Å²) in [6, 6.07) is 13.7. The topological polar surface area (TPSA) is 90.1 Å². The highest BCUT2D eigenvalue weighted by Gasteiger charge is 2.33. The molecule has 32 heavy (non-hydrogen) atoms. The number of rotatable bonds is 5. The van der Waals surface area contributed by atoms with Crippen LogP contribution in [0.2, 0.25) is 0 Å². The van der Waals surface area contributed by atoms with Gasteiger partial charge in [-0.15, -0.1) is 0 Å². The van der Waals surface area contributed by atoms with E-state index in [9.17, 15) is 14.7 Å². The molecule has 0 spiro atoms. The highest BCUT2D eigenvalue weighted by atomic mass is 32.1. The Morgan fingerprint density at radius 1 is 1.22 bits per heavy atom. The number of aromatic hydroxyl groups is 1. The second-order valence-electron chi connectivity index (χ2n) is 7.11. The molecule has 0 bridgehead atoms. The van der Waals surface area contributed by atoms with Crippen molar-refractivity contribution in [2.45, 2.75) is 19.9 Å². The van der Waals surface area contributed by atoms with Crippen LogP contribution < -0.4 is 19.6 Å². The Labute approximate surface area is 188 Å². The van der Waals surface area contributed by atoms with E-state index in [0.29, 0.717) is 31.9 Å². The standard InChI is InChI=1S/C24H22N2O5S/c1-4-31-23(29)19-14(2)25-24-26(20(19)15-9-6-5-7-10-15)22(28)18(32-24)13-16-11-8-12-17(30-3)21(16)27/h5-13,20,27H,4H2,1-3H3/b18-13+. The van der Waals surface area contributed by atoms with Crippen molar-refractivity contribution in [3.05, 3.63) is 90.6 Å². The number of hydrogen-bond acceptors (Lipinski definition) is 7. The number of allylic oxidation sites excluding steroid dienone is 1. The number of phenolic OH excluding ortho intramolecular Hbond substituents is 1. The van der Waals surface area contributed by atoms with Crippen LogP contribution in [-0.2, 0) is 9.53 Å². The number of phenols is 1. The first-order valence-electron chi connectivity index (χ1n) is 10.1. The zero-order valence-corrected chi connectivity index (χ0v) is 18.7. The Morgan fingerprint density at radius 3 is 2.66 bits per heavy atom. The number of ether oxygens (including phenoxy) is 2. The highest BCUT2D eigenvalue weighted by Crippen LogP contribution is 2.31. The van der Waals surface area contributed by atoms with Gasteiger partial charge in [-0.25, -0.2) is 9.79 Å². The molecule has 1 N–H and O–H groups in total. The summed E-state index contributed by atoms with van der Waals surface area (Å²) >= 11 is 1.20. The smallest absolute Gasteiger partial charge is 0.338 e. The summed E-state index contributed by atoms with van der Waals surface area (Å²) in [5, 5.41) is 10.4. The minimum absolute atomic E-state index is 0.0520. The van der Waals surface area contributed by atoms with Crippen LogP contribution in [0.3, 0.4) is 0 Å². The zero-order valence-electron chi connectivity index (χ0n) is 17.9. The molecule has 2 heterocycles. The Bertz CT molecular complexity index is 1390. The first-order valence-corrected chi connectivity index (χ1v) is 10.9. The van der Waals surface area contributed by atoms with Crippen molar-refractivity contribution in [1.82, 2.24) is 4.57 Å². The van der Waals surface area contributed by atoms with E-state index < -0.39 is 12.0 Å². The second kappa shape index (κ2) is 8.84. The highest BCUT2D eigenvalue weighted by molar-refractivity contribution is 7.07. The molecule has 0 fully saturated rings. The lowest BCUT2D eigenvalue weighted by Gasteiger charge is -2.24. The van der Waals surface area contributed by atoms with Gasteiger partial charge in [-0.05, 0) is 31.6 Å². The number of thiazole rings is 1. The van der Waals surface area contributed by atoms with Gasteiger partial charge in [0.05, 0.1) is 35.6 Å². The zero-order chi connectivity index (χ0) is 22.8. The van der Waals surface area contributed by atoms with Crippen LogP contribution in [0.1, 0.15) is 31.0 Å². The number of aromatic nitrogens is 1. The molecule has 1 atom stereocenters. The number of fused-ring (bicyclic) bond motifs is 1. The van der Waals surface area contributed by atoms with Crippen LogP contribution >= 0.6 is 11.3 Å². The van der Waals surface area contributed by atoms with E-state index in [2.05, 4.69) is 4.99 Å². The lowest BCUT2D eigenvalue weighted by atomic mass is 9.96. The molecule has 4 rings (SSSR count). The van der Waals surface area contributed by atoms with Crippen LogP contribution in [0.5, 0.6) is 11.5 Å². The van der Waals surface area contributed by atoms with Gasteiger partial charge < -0.3 is 14.6 Å². The van der Waals surface area contributed by atoms with E-state index in [-0.39, 0.29) is 17.9 Å². The molecule has 164 valence electrons. The Balaban J connectivity index is 1.96. The van der Waals surface area contributed by atoms with E-state index in [1.54, 1.807) is 38.1 Å². The molecule has 8 heteroatoms. The minimum Gasteiger partial charge on any atom is -0.504 e. The average Bonchev–Trinajstić information content (AvgIpc) is 3.09. The summed E-state index contributed by atoms with van der Waals surface area (Å²) in [6.07, 6.45) is 1.60. The summed E-state index contributed by atoms with van der Waals surface area (Å²) in [7, 11) is 1.46. The van der Waals surface area contributed by atoms with E-state index >= 15 is 0 Å². The molecule has 0 aliphatic carbocycles. The Kier molecular flexibility index (Phi) is 5.96. The van der Waals surface area contributed by atoms with Gasteiger partial charge in [-0.3, -0.25) is 9.36 Å². The van der Waals surface area contributed by atoms with Crippen LogP contribution in [0.4, 0.5) is 0 Å². The van der Waals surface area contributed by atoms with Gasteiger partial charge in [0, 0.05) is 5.56 Å². The maximum Gasteiger partial charge on any atom is 0.338 e. The van der Waals surface area contributed by atoms with Crippen molar-refractivity contribution < 1.29 is 19.4 Å². The molecular formula is C24H22N2O5S. The molecule has 1 aliphatic rings. The summed E-state index contributed by atoms with van der Waals surface area (Å²) in [5.74, 6) is -0.236. The van der Waals surface area contributed by atoms with Gasteiger partial charge in [-0.1, -0.05) is 53.8 Å². The number of hydrogen-bond donors (Lipinski definition) is 1. The molecule has 2 aromatic carbocycles. The number of carbonyl (C=O) groups is 1. The SMILES string of the molecule is CCOC(=O)C1=C(C)N=c2s/c(=C/c3cccc(OC)c3O)c(=O)n2C1c1ccccc1. The number of carbonyl (C=O) groups excluding carboxylic acids is 1. The van der Waals surface area contributed by atoms with E-state index in [0.717, 1.165) is 5.56 Å². The van der Waals surface area contributed by atoms with Crippen molar-refractivity contribution in [1.29, 1.82) is 0 Å². The molecular weight excluding hydrogens is 428 g/mol. The molecule has 0 radical (unpaired) electrons. The van der Waals surface area contributed by atoms with Crippen LogP contribution in [-0.4, -0.2) is 29.4 Å². The van der Waals surface area contributed by atoms with Crippen LogP contribution in [0.15, 0.2) is 69.6 Å². The third kappa shape index (κ3) is 3.73. The maximum absolute atomic E-state index is 13.5. The number of para-hydroxylation sites is 1. The van der Waals surface area contributed by atoms with Crippen molar-refractivity contribution in [3.63, 3.8) is 0 Å². The predicted molar refractivity (Wildman–Crippen MR) is 121 cm³/mol. The lowest BCUT2D eigenvalue weighted by Crippen LogP contribution is -2.39. The summed E-state index contributed by atoms with van der Waals surface area (Å²) in [5.41, 5.74) is 1.77. The molecule has 0 saturated heterocycles. The summed E-state index contributed by atoms with van der Waals surface area (Å²) < 4.78 is 12.3. The van der Waals surface area contributed by atoms with Crippen LogP contribution in [0, 0.1) is 0 Å². The van der Waals surface area contributed by atoms with Crippen LogP contribution in [0.25, 0.3) is 6.08 Å². The molecule has 1 aromatic heterocycles. The molecule has 0 saturated carbocycles. The monoisotopic (exact) mass is 450 g/mol. The minimum atomic E-state index is -0.660. The first-order chi connectivity index (χ1) is 15.5. The second-order valence-corrected chi connectivity index (χ2v) is 8.12. The maximum atomic E-state index is 13.5. The summed E-state index contributed by atoms with van der Waals surface area (Å²) in [6.45, 7) is 3.70. The Morgan fingerprint density at radius 2 is 1.97 bits per heavy atom. The lowest BCUT2D eigenvalue weighted by molar-refractivity contribution is -0.139. The Hall–Kier alpha value is -3.65. The van der Waals surface area contributed by atoms with E-state index in [4.69, 9.17) is 9.47 Å². The predicted octanol–water partition coefficient (Wildman–Crippen LogP) is 2.51. The largest absolute Gasteiger partial charge is 0.504 e. The number of benzene rings is 2. The van der Waals surface area contributed by atoms with Gasteiger partial charge in [0.2, 0.25) is 0 Å². The van der Waals surface area contributed by atoms with Crippen molar-refractivity contribution in [3.8, 4) is 11.5 Å². The van der Waals surface area contributed by atoms with Crippen molar-refractivity contribution >= 4 is 23.4 Å². The molecule has 1 unspecified atom stereocenters. The quantitative estimate of drug-likeness (QED) is 0.604. The third-order valence-electron chi connectivity index (χ3n) is 5.17. The van der Waals surface area contributed by atoms with Gasteiger partial charge >= 0.3 is 5.97 Å². The molecule has 3 aromatic rings. The van der Waals surface area contributed by atoms with Gasteiger partial charge in [0.15, 0.2) is 16.3 Å². The fraction of sp³-hybridized carbons (Fsp3) is 0.208. The van der Waals surface area contributed by atoms with Gasteiger partial charge in [0.1, 0.15) is 0 Å².